The Kier molecular flexibility index (Phi) is 4.12. The fraction of sp³-hybridized carbons (Fsp3) is 0.667. The van der Waals surface area contributed by atoms with Crippen LogP contribution < -0.4 is 0 Å². The molecule has 0 amide bonds. The van der Waals surface area contributed by atoms with Crippen molar-refractivity contribution in [3.05, 3.63) is 16.1 Å². The van der Waals surface area contributed by atoms with Crippen LogP contribution in [0.1, 0.15) is 41.2 Å². The standard InChI is InChI=1S/C12H18N2O2S/c1-3-16-12(15)11-13-10(8-17-11)9-4-6-14(2)7-5-9/h8-9H,3-7H2,1-2H3. The van der Waals surface area contributed by atoms with Crippen LogP contribution in [-0.2, 0) is 4.74 Å². The molecule has 0 bridgehead atoms. The lowest BCUT2D eigenvalue weighted by Crippen LogP contribution is -2.29. The number of carbonyl (C=O) groups is 1. The van der Waals surface area contributed by atoms with E-state index in [1.165, 1.54) is 11.3 Å². The highest BCUT2D eigenvalue weighted by Crippen LogP contribution is 2.28. The van der Waals surface area contributed by atoms with Gasteiger partial charge in [-0.05, 0) is 39.9 Å². The number of nitrogens with zero attached hydrogens (tertiary/aromatic N) is 2. The SMILES string of the molecule is CCOC(=O)c1nc(C2CCN(C)CC2)cs1. The molecular weight excluding hydrogens is 236 g/mol. The van der Waals surface area contributed by atoms with Crippen molar-refractivity contribution in [2.45, 2.75) is 25.7 Å². The molecule has 1 aromatic heterocycles. The van der Waals surface area contributed by atoms with Crippen LogP contribution >= 0.6 is 11.3 Å². The lowest BCUT2D eigenvalue weighted by atomic mass is 9.95. The summed E-state index contributed by atoms with van der Waals surface area (Å²) in [5.74, 6) is 0.210. The van der Waals surface area contributed by atoms with Crippen LogP contribution in [0.5, 0.6) is 0 Å². The van der Waals surface area contributed by atoms with Crippen LogP contribution in [-0.4, -0.2) is 42.6 Å². The number of thiazole rings is 1. The Morgan fingerprint density at radius 2 is 2.29 bits per heavy atom. The molecule has 5 heteroatoms. The van der Waals surface area contributed by atoms with Crippen LogP contribution in [0.15, 0.2) is 5.38 Å². The lowest BCUT2D eigenvalue weighted by Gasteiger charge is -2.27. The largest absolute Gasteiger partial charge is 0.461 e. The molecule has 1 saturated heterocycles. The lowest BCUT2D eigenvalue weighted by molar-refractivity contribution is 0.0525. The Morgan fingerprint density at radius 3 is 2.94 bits per heavy atom. The highest BCUT2D eigenvalue weighted by atomic mass is 32.1. The van der Waals surface area contributed by atoms with Crippen LogP contribution in [0, 0.1) is 0 Å². The molecule has 4 nitrogen and oxygen atoms in total. The van der Waals surface area contributed by atoms with E-state index < -0.39 is 0 Å². The van der Waals surface area contributed by atoms with Crippen LogP contribution in [0.2, 0.25) is 0 Å². The number of likely N-dealkylation sites (tertiary alicyclic amines) is 1. The van der Waals surface area contributed by atoms with Crippen molar-refractivity contribution < 1.29 is 9.53 Å². The van der Waals surface area contributed by atoms with Crippen molar-refractivity contribution in [2.75, 3.05) is 26.7 Å². The molecule has 0 aromatic carbocycles. The maximum absolute atomic E-state index is 11.5. The summed E-state index contributed by atoms with van der Waals surface area (Å²) in [6, 6.07) is 0. The van der Waals surface area contributed by atoms with E-state index in [1.54, 1.807) is 0 Å². The first-order chi connectivity index (χ1) is 8.20. The highest BCUT2D eigenvalue weighted by molar-refractivity contribution is 7.11. The maximum atomic E-state index is 11.5. The van der Waals surface area contributed by atoms with E-state index in [4.69, 9.17) is 4.74 Å². The summed E-state index contributed by atoms with van der Waals surface area (Å²) < 4.78 is 4.95. The summed E-state index contributed by atoms with van der Waals surface area (Å²) in [5.41, 5.74) is 1.06. The maximum Gasteiger partial charge on any atom is 0.367 e. The summed E-state index contributed by atoms with van der Waals surface area (Å²) in [7, 11) is 2.14. The molecule has 0 radical (unpaired) electrons. The van der Waals surface area contributed by atoms with Gasteiger partial charge in [0.15, 0.2) is 0 Å². The third-order valence-electron chi connectivity index (χ3n) is 3.11. The minimum Gasteiger partial charge on any atom is -0.461 e. The molecule has 94 valence electrons. The average molecular weight is 254 g/mol. The molecule has 2 heterocycles. The first-order valence-corrected chi connectivity index (χ1v) is 6.89. The zero-order chi connectivity index (χ0) is 12.3. The third-order valence-corrected chi connectivity index (χ3v) is 3.95. The van der Waals surface area contributed by atoms with Gasteiger partial charge in [-0.2, -0.15) is 0 Å². The monoisotopic (exact) mass is 254 g/mol. The van der Waals surface area contributed by atoms with Crippen LogP contribution in [0.25, 0.3) is 0 Å². The number of rotatable bonds is 3. The quantitative estimate of drug-likeness (QED) is 0.775. The zero-order valence-electron chi connectivity index (χ0n) is 10.3. The smallest absolute Gasteiger partial charge is 0.367 e. The topological polar surface area (TPSA) is 42.4 Å². The van der Waals surface area contributed by atoms with E-state index in [9.17, 15) is 4.79 Å². The summed E-state index contributed by atoms with van der Waals surface area (Å²) >= 11 is 1.39. The van der Waals surface area contributed by atoms with Crippen LogP contribution in [0.3, 0.4) is 0 Å². The van der Waals surface area contributed by atoms with Crippen molar-refractivity contribution in [2.24, 2.45) is 0 Å². The second kappa shape index (κ2) is 5.60. The van der Waals surface area contributed by atoms with Gasteiger partial charge in [0, 0.05) is 11.3 Å². The number of aromatic nitrogens is 1. The molecule has 0 unspecified atom stereocenters. The van der Waals surface area contributed by atoms with Gasteiger partial charge < -0.3 is 9.64 Å². The third kappa shape index (κ3) is 3.04. The number of piperidine rings is 1. The molecule has 0 atom stereocenters. The van der Waals surface area contributed by atoms with Crippen molar-refractivity contribution >= 4 is 17.3 Å². The molecule has 1 aliphatic rings. The summed E-state index contributed by atoms with van der Waals surface area (Å²) in [6.45, 7) is 4.43. The molecule has 2 rings (SSSR count). The summed E-state index contributed by atoms with van der Waals surface area (Å²) in [6.07, 6.45) is 2.25. The number of carbonyl (C=O) groups excluding carboxylic acids is 1. The van der Waals surface area contributed by atoms with Gasteiger partial charge >= 0.3 is 5.97 Å². The van der Waals surface area contributed by atoms with E-state index in [1.807, 2.05) is 12.3 Å². The Morgan fingerprint density at radius 1 is 1.59 bits per heavy atom. The Bertz CT molecular complexity index is 384. The van der Waals surface area contributed by atoms with Crippen molar-refractivity contribution in [1.29, 1.82) is 0 Å². The second-order valence-electron chi connectivity index (χ2n) is 4.38. The van der Waals surface area contributed by atoms with Gasteiger partial charge in [0.2, 0.25) is 5.01 Å². The van der Waals surface area contributed by atoms with Gasteiger partial charge in [-0.1, -0.05) is 0 Å². The number of esters is 1. The van der Waals surface area contributed by atoms with E-state index >= 15 is 0 Å². The van der Waals surface area contributed by atoms with E-state index in [-0.39, 0.29) is 5.97 Å². The highest BCUT2D eigenvalue weighted by Gasteiger charge is 2.22. The first-order valence-electron chi connectivity index (χ1n) is 6.01. The number of hydrogen-bond acceptors (Lipinski definition) is 5. The summed E-state index contributed by atoms with van der Waals surface area (Å²) in [5, 5.41) is 2.49. The molecule has 17 heavy (non-hydrogen) atoms. The van der Waals surface area contributed by atoms with Gasteiger partial charge in [-0.3, -0.25) is 0 Å². The van der Waals surface area contributed by atoms with Gasteiger partial charge in [0.05, 0.1) is 12.3 Å². The molecule has 1 fully saturated rings. The number of hydrogen-bond donors (Lipinski definition) is 0. The first kappa shape index (κ1) is 12.5. The molecule has 0 aliphatic carbocycles. The minimum absolute atomic E-state index is 0.295. The molecule has 0 N–H and O–H groups in total. The number of ether oxygens (including phenoxy) is 1. The van der Waals surface area contributed by atoms with Gasteiger partial charge in [-0.15, -0.1) is 11.3 Å². The van der Waals surface area contributed by atoms with Gasteiger partial charge in [-0.25, -0.2) is 9.78 Å². The molecule has 1 aromatic rings. The Hall–Kier alpha value is -0.940. The molecule has 0 saturated carbocycles. The molecular formula is C12H18N2O2S. The summed E-state index contributed by atoms with van der Waals surface area (Å²) in [4.78, 5) is 18.2. The van der Waals surface area contributed by atoms with Gasteiger partial charge in [0.25, 0.3) is 0 Å². The minimum atomic E-state index is -0.295. The fourth-order valence-electron chi connectivity index (χ4n) is 2.06. The van der Waals surface area contributed by atoms with Crippen LogP contribution in [0.4, 0.5) is 0 Å². The Balaban J connectivity index is 2.00. The van der Waals surface area contributed by atoms with E-state index in [0.29, 0.717) is 17.5 Å². The molecule has 0 spiro atoms. The van der Waals surface area contributed by atoms with Crippen molar-refractivity contribution in [1.82, 2.24) is 9.88 Å². The predicted molar refractivity (Wildman–Crippen MR) is 67.5 cm³/mol. The van der Waals surface area contributed by atoms with E-state index in [2.05, 4.69) is 16.9 Å². The van der Waals surface area contributed by atoms with Gasteiger partial charge in [0.1, 0.15) is 0 Å². The normalized spacial score (nSPS) is 18.2. The zero-order valence-corrected chi connectivity index (χ0v) is 11.1. The van der Waals surface area contributed by atoms with Crippen molar-refractivity contribution in [3.8, 4) is 0 Å². The Labute approximate surface area is 106 Å². The van der Waals surface area contributed by atoms with E-state index in [0.717, 1.165) is 31.6 Å². The second-order valence-corrected chi connectivity index (χ2v) is 5.23. The molecule has 1 aliphatic heterocycles. The fourth-order valence-corrected chi connectivity index (χ4v) is 2.86. The van der Waals surface area contributed by atoms with Crippen molar-refractivity contribution in [3.63, 3.8) is 0 Å². The average Bonchev–Trinajstić information content (AvgIpc) is 2.80. The predicted octanol–water partition coefficient (Wildman–Crippen LogP) is 2.13.